The molecule has 0 aliphatic heterocycles. The predicted octanol–water partition coefficient (Wildman–Crippen LogP) is 0.970. The number of aliphatic hydroxyl groups is 1. The molecule has 0 radical (unpaired) electrons. The highest BCUT2D eigenvalue weighted by molar-refractivity contribution is 7.87. The summed E-state index contributed by atoms with van der Waals surface area (Å²) in [5.74, 6) is 0.0323. The van der Waals surface area contributed by atoms with Crippen LogP contribution in [0.4, 0.5) is 0 Å². The van der Waals surface area contributed by atoms with E-state index >= 15 is 0 Å². The SMILES string of the molecule is CC(C)C(CO)NS(=O)(=O)N(C)Cc1ccccc1. The largest absolute Gasteiger partial charge is 0.395 e. The van der Waals surface area contributed by atoms with Gasteiger partial charge in [0.05, 0.1) is 6.61 Å². The topological polar surface area (TPSA) is 69.6 Å². The van der Waals surface area contributed by atoms with Crippen LogP contribution >= 0.6 is 0 Å². The summed E-state index contributed by atoms with van der Waals surface area (Å²) in [6.07, 6.45) is 0. The lowest BCUT2D eigenvalue weighted by atomic mass is 10.1. The first kappa shape index (κ1) is 16.1. The van der Waals surface area contributed by atoms with Crippen molar-refractivity contribution < 1.29 is 13.5 Å². The summed E-state index contributed by atoms with van der Waals surface area (Å²) in [6.45, 7) is 3.81. The zero-order valence-electron chi connectivity index (χ0n) is 11.6. The molecule has 1 aromatic rings. The van der Waals surface area contributed by atoms with Gasteiger partial charge in [0.15, 0.2) is 0 Å². The molecule has 1 rings (SSSR count). The molecule has 0 aromatic heterocycles. The Balaban J connectivity index is 2.71. The maximum atomic E-state index is 12.1. The minimum absolute atomic E-state index is 0.0323. The monoisotopic (exact) mass is 286 g/mol. The quantitative estimate of drug-likeness (QED) is 0.784. The number of aliphatic hydroxyl groups excluding tert-OH is 1. The Morgan fingerprint density at radius 3 is 2.32 bits per heavy atom. The molecule has 6 heteroatoms. The van der Waals surface area contributed by atoms with Crippen LogP contribution in [-0.2, 0) is 16.8 Å². The van der Waals surface area contributed by atoms with Crippen molar-refractivity contribution in [2.45, 2.75) is 26.4 Å². The van der Waals surface area contributed by atoms with Gasteiger partial charge in [-0.3, -0.25) is 0 Å². The smallest absolute Gasteiger partial charge is 0.279 e. The molecule has 19 heavy (non-hydrogen) atoms. The van der Waals surface area contributed by atoms with Crippen LogP contribution < -0.4 is 4.72 Å². The van der Waals surface area contributed by atoms with Gasteiger partial charge in [-0.2, -0.15) is 17.4 Å². The molecular formula is C13H22N2O3S. The fourth-order valence-electron chi connectivity index (χ4n) is 1.59. The van der Waals surface area contributed by atoms with Crippen LogP contribution in [0, 0.1) is 5.92 Å². The molecule has 2 N–H and O–H groups in total. The van der Waals surface area contributed by atoms with Crippen molar-refractivity contribution in [3.05, 3.63) is 35.9 Å². The van der Waals surface area contributed by atoms with Crippen LogP contribution in [0.25, 0.3) is 0 Å². The van der Waals surface area contributed by atoms with Gasteiger partial charge >= 0.3 is 0 Å². The number of hydrogen-bond acceptors (Lipinski definition) is 3. The molecule has 5 nitrogen and oxygen atoms in total. The fourth-order valence-corrected chi connectivity index (χ4v) is 2.82. The standard InChI is InChI=1S/C13H22N2O3S/c1-11(2)13(10-16)14-19(17,18)15(3)9-12-7-5-4-6-8-12/h4-8,11,13-14,16H,9-10H2,1-3H3. The van der Waals surface area contributed by atoms with Gasteiger partial charge in [-0.15, -0.1) is 0 Å². The fraction of sp³-hybridized carbons (Fsp3) is 0.538. The van der Waals surface area contributed by atoms with Crippen LogP contribution in [0.5, 0.6) is 0 Å². The number of nitrogens with one attached hydrogen (secondary N) is 1. The van der Waals surface area contributed by atoms with Crippen molar-refractivity contribution in [2.75, 3.05) is 13.7 Å². The zero-order chi connectivity index (χ0) is 14.5. The van der Waals surface area contributed by atoms with E-state index in [0.717, 1.165) is 5.56 Å². The summed E-state index contributed by atoms with van der Waals surface area (Å²) in [5.41, 5.74) is 0.917. The van der Waals surface area contributed by atoms with Gasteiger partial charge in [0, 0.05) is 19.6 Å². The molecule has 0 bridgehead atoms. The molecule has 0 aliphatic rings. The Morgan fingerprint density at radius 2 is 1.84 bits per heavy atom. The lowest BCUT2D eigenvalue weighted by Crippen LogP contribution is -2.47. The first-order valence-electron chi connectivity index (χ1n) is 6.25. The van der Waals surface area contributed by atoms with E-state index in [1.54, 1.807) is 0 Å². The summed E-state index contributed by atoms with van der Waals surface area (Å²) < 4.78 is 28.0. The second kappa shape index (κ2) is 7.00. The first-order chi connectivity index (χ1) is 8.86. The average molecular weight is 286 g/mol. The van der Waals surface area contributed by atoms with Crippen LogP contribution in [0.15, 0.2) is 30.3 Å². The van der Waals surface area contributed by atoms with Gasteiger partial charge in [0.25, 0.3) is 10.2 Å². The first-order valence-corrected chi connectivity index (χ1v) is 7.69. The lowest BCUT2D eigenvalue weighted by molar-refractivity contribution is 0.225. The van der Waals surface area contributed by atoms with E-state index in [-0.39, 0.29) is 12.5 Å². The van der Waals surface area contributed by atoms with E-state index < -0.39 is 16.3 Å². The summed E-state index contributed by atoms with van der Waals surface area (Å²) in [6, 6.07) is 8.90. The van der Waals surface area contributed by atoms with Gasteiger partial charge in [-0.1, -0.05) is 44.2 Å². The molecule has 0 saturated carbocycles. The van der Waals surface area contributed by atoms with Crippen LogP contribution in [0.3, 0.4) is 0 Å². The van der Waals surface area contributed by atoms with Gasteiger partial charge in [0.2, 0.25) is 0 Å². The number of rotatable bonds is 7. The normalized spacial score (nSPS) is 14.0. The molecule has 0 saturated heterocycles. The van der Waals surface area contributed by atoms with Gasteiger partial charge in [-0.05, 0) is 11.5 Å². The minimum atomic E-state index is -3.59. The molecule has 0 fully saturated rings. The summed E-state index contributed by atoms with van der Waals surface area (Å²) in [5, 5.41) is 9.19. The molecule has 0 heterocycles. The van der Waals surface area contributed by atoms with E-state index in [0.29, 0.717) is 6.54 Å². The third-order valence-corrected chi connectivity index (χ3v) is 4.51. The zero-order valence-corrected chi connectivity index (χ0v) is 12.4. The number of nitrogens with zero attached hydrogens (tertiary/aromatic N) is 1. The van der Waals surface area contributed by atoms with Crippen LogP contribution in [-0.4, -0.2) is 37.5 Å². The van der Waals surface area contributed by atoms with Crippen molar-refractivity contribution in [2.24, 2.45) is 5.92 Å². The molecular weight excluding hydrogens is 264 g/mol. The van der Waals surface area contributed by atoms with E-state index in [1.807, 2.05) is 44.2 Å². The molecule has 108 valence electrons. The Morgan fingerprint density at radius 1 is 1.26 bits per heavy atom. The Bertz CT molecular complexity index is 474. The van der Waals surface area contributed by atoms with Crippen molar-refractivity contribution in [1.29, 1.82) is 0 Å². The van der Waals surface area contributed by atoms with Crippen LogP contribution in [0.1, 0.15) is 19.4 Å². The summed E-state index contributed by atoms with van der Waals surface area (Å²) in [4.78, 5) is 0. The highest BCUT2D eigenvalue weighted by Crippen LogP contribution is 2.08. The molecule has 1 unspecified atom stereocenters. The molecule has 1 atom stereocenters. The van der Waals surface area contributed by atoms with Crippen LogP contribution in [0.2, 0.25) is 0 Å². The molecule has 0 aliphatic carbocycles. The van der Waals surface area contributed by atoms with E-state index in [9.17, 15) is 13.5 Å². The summed E-state index contributed by atoms with van der Waals surface area (Å²) in [7, 11) is -2.07. The van der Waals surface area contributed by atoms with Gasteiger partial charge in [0.1, 0.15) is 0 Å². The number of benzene rings is 1. The lowest BCUT2D eigenvalue weighted by Gasteiger charge is -2.24. The van der Waals surface area contributed by atoms with Crippen molar-refractivity contribution in [3.8, 4) is 0 Å². The maximum absolute atomic E-state index is 12.1. The van der Waals surface area contributed by atoms with E-state index in [1.165, 1.54) is 11.4 Å². The Kier molecular flexibility index (Phi) is 5.93. The Labute approximate surface area is 115 Å². The second-order valence-electron chi connectivity index (χ2n) is 4.90. The minimum Gasteiger partial charge on any atom is -0.395 e. The highest BCUT2D eigenvalue weighted by Gasteiger charge is 2.23. The number of hydrogen-bond donors (Lipinski definition) is 2. The van der Waals surface area contributed by atoms with Crippen molar-refractivity contribution in [3.63, 3.8) is 0 Å². The van der Waals surface area contributed by atoms with Crippen molar-refractivity contribution in [1.82, 2.24) is 9.03 Å². The third kappa shape index (κ3) is 4.91. The average Bonchev–Trinajstić information content (AvgIpc) is 2.36. The second-order valence-corrected chi connectivity index (χ2v) is 6.71. The summed E-state index contributed by atoms with van der Waals surface area (Å²) >= 11 is 0. The maximum Gasteiger partial charge on any atom is 0.279 e. The Hall–Kier alpha value is -0.950. The van der Waals surface area contributed by atoms with Gasteiger partial charge in [-0.25, -0.2) is 0 Å². The molecule has 0 spiro atoms. The van der Waals surface area contributed by atoms with E-state index in [4.69, 9.17) is 0 Å². The molecule has 0 amide bonds. The predicted molar refractivity (Wildman–Crippen MR) is 75.7 cm³/mol. The molecule has 1 aromatic carbocycles. The highest BCUT2D eigenvalue weighted by atomic mass is 32.2. The van der Waals surface area contributed by atoms with Gasteiger partial charge < -0.3 is 5.11 Å². The third-order valence-electron chi connectivity index (χ3n) is 2.96. The van der Waals surface area contributed by atoms with E-state index in [2.05, 4.69) is 4.72 Å². The van der Waals surface area contributed by atoms with Crippen molar-refractivity contribution >= 4 is 10.2 Å².